The van der Waals surface area contributed by atoms with Gasteiger partial charge < -0.3 is 5.73 Å². The van der Waals surface area contributed by atoms with E-state index in [2.05, 4.69) is 5.10 Å². The zero-order valence-electron chi connectivity index (χ0n) is 10.8. The van der Waals surface area contributed by atoms with E-state index in [0.29, 0.717) is 12.6 Å². The molecule has 1 aromatic heterocycles. The molecular weight excluding hydrogens is 241 g/mol. The second-order valence-electron chi connectivity index (χ2n) is 5.20. The maximum absolute atomic E-state index is 13.5. The molecule has 4 heteroatoms. The highest BCUT2D eigenvalue weighted by atomic mass is 19.1. The van der Waals surface area contributed by atoms with Gasteiger partial charge in [-0.1, -0.05) is 12.8 Å². The molecule has 0 unspecified atom stereocenters. The average Bonchev–Trinajstić information content (AvgIpc) is 3.08. The molecule has 1 fully saturated rings. The van der Waals surface area contributed by atoms with Gasteiger partial charge in [-0.3, -0.25) is 4.68 Å². The van der Waals surface area contributed by atoms with Gasteiger partial charge in [0.25, 0.3) is 0 Å². The number of halogens is 1. The van der Waals surface area contributed by atoms with Gasteiger partial charge in [-0.05, 0) is 42.2 Å². The standard InChI is InChI=1S/C15H18FN3/c16-14-6-11(8-17)5-12(7-14)13-9-18-19(10-13)15-3-1-2-4-15/h5-7,9-10,15H,1-4,8,17H2. The summed E-state index contributed by atoms with van der Waals surface area (Å²) in [6, 6.07) is 5.45. The predicted molar refractivity (Wildman–Crippen MR) is 73.0 cm³/mol. The highest BCUT2D eigenvalue weighted by Crippen LogP contribution is 2.30. The van der Waals surface area contributed by atoms with Crippen LogP contribution in [0.15, 0.2) is 30.6 Å². The number of benzene rings is 1. The molecule has 1 aliphatic rings. The summed E-state index contributed by atoms with van der Waals surface area (Å²) in [5, 5.41) is 4.42. The predicted octanol–water partition coefficient (Wildman–Crippen LogP) is 3.26. The van der Waals surface area contributed by atoms with Gasteiger partial charge in [-0.15, -0.1) is 0 Å². The molecule has 0 radical (unpaired) electrons. The molecule has 0 aliphatic heterocycles. The number of aromatic nitrogens is 2. The lowest BCUT2D eigenvalue weighted by Gasteiger charge is -2.08. The number of nitrogens with zero attached hydrogens (tertiary/aromatic N) is 2. The number of rotatable bonds is 3. The second-order valence-corrected chi connectivity index (χ2v) is 5.20. The molecule has 1 saturated carbocycles. The van der Waals surface area contributed by atoms with E-state index < -0.39 is 0 Å². The molecule has 19 heavy (non-hydrogen) atoms. The van der Waals surface area contributed by atoms with Crippen molar-refractivity contribution in [3.05, 3.63) is 42.0 Å². The third-order valence-electron chi connectivity index (χ3n) is 3.83. The van der Waals surface area contributed by atoms with E-state index in [9.17, 15) is 4.39 Å². The highest BCUT2D eigenvalue weighted by molar-refractivity contribution is 5.62. The van der Waals surface area contributed by atoms with Crippen molar-refractivity contribution in [1.29, 1.82) is 0 Å². The van der Waals surface area contributed by atoms with E-state index in [1.54, 1.807) is 0 Å². The molecule has 100 valence electrons. The van der Waals surface area contributed by atoms with Crippen LogP contribution in [0.2, 0.25) is 0 Å². The summed E-state index contributed by atoms with van der Waals surface area (Å²) in [6.45, 7) is 0.349. The molecule has 0 atom stereocenters. The van der Waals surface area contributed by atoms with Crippen LogP contribution in [0.4, 0.5) is 4.39 Å². The van der Waals surface area contributed by atoms with Crippen molar-refractivity contribution in [3.63, 3.8) is 0 Å². The fourth-order valence-corrected chi connectivity index (χ4v) is 2.79. The van der Waals surface area contributed by atoms with Crippen LogP contribution < -0.4 is 5.73 Å². The van der Waals surface area contributed by atoms with Gasteiger partial charge in [0.2, 0.25) is 0 Å². The Hall–Kier alpha value is -1.68. The first-order chi connectivity index (χ1) is 9.26. The van der Waals surface area contributed by atoms with Gasteiger partial charge in [-0.2, -0.15) is 5.10 Å². The van der Waals surface area contributed by atoms with Gasteiger partial charge in [0.1, 0.15) is 5.82 Å². The van der Waals surface area contributed by atoms with Crippen LogP contribution in [0.5, 0.6) is 0 Å². The molecule has 1 heterocycles. The molecule has 3 rings (SSSR count). The van der Waals surface area contributed by atoms with Crippen LogP contribution in [-0.4, -0.2) is 9.78 Å². The fourth-order valence-electron chi connectivity index (χ4n) is 2.79. The van der Waals surface area contributed by atoms with Crippen LogP contribution in [0.1, 0.15) is 37.3 Å². The Morgan fingerprint density at radius 3 is 2.74 bits per heavy atom. The lowest BCUT2D eigenvalue weighted by molar-refractivity contribution is 0.467. The summed E-state index contributed by atoms with van der Waals surface area (Å²) in [4.78, 5) is 0. The molecule has 0 spiro atoms. The van der Waals surface area contributed by atoms with Crippen molar-refractivity contribution in [2.24, 2.45) is 5.73 Å². The summed E-state index contributed by atoms with van der Waals surface area (Å²) in [5.41, 5.74) is 8.20. The topological polar surface area (TPSA) is 43.8 Å². The normalized spacial score (nSPS) is 16.1. The minimum atomic E-state index is -0.244. The van der Waals surface area contributed by atoms with E-state index in [1.165, 1.54) is 37.8 Å². The Kier molecular flexibility index (Phi) is 3.34. The first kappa shape index (κ1) is 12.4. The van der Waals surface area contributed by atoms with Crippen LogP contribution in [0.3, 0.4) is 0 Å². The molecule has 0 amide bonds. The molecule has 0 saturated heterocycles. The minimum absolute atomic E-state index is 0.244. The molecular formula is C15H18FN3. The summed E-state index contributed by atoms with van der Waals surface area (Å²) in [7, 11) is 0. The number of hydrogen-bond acceptors (Lipinski definition) is 2. The SMILES string of the molecule is NCc1cc(F)cc(-c2cnn(C3CCCC3)c2)c1. The van der Waals surface area contributed by atoms with Crippen molar-refractivity contribution in [1.82, 2.24) is 9.78 Å². The van der Waals surface area contributed by atoms with E-state index in [1.807, 2.05) is 23.1 Å². The molecule has 2 N–H and O–H groups in total. The van der Waals surface area contributed by atoms with E-state index in [4.69, 9.17) is 5.73 Å². The van der Waals surface area contributed by atoms with Gasteiger partial charge in [0, 0.05) is 18.3 Å². The van der Waals surface area contributed by atoms with Crippen molar-refractivity contribution >= 4 is 0 Å². The monoisotopic (exact) mass is 259 g/mol. The summed E-state index contributed by atoms with van der Waals surface area (Å²) < 4.78 is 15.5. The first-order valence-corrected chi connectivity index (χ1v) is 6.80. The second kappa shape index (κ2) is 5.13. The Labute approximate surface area is 112 Å². The van der Waals surface area contributed by atoms with Gasteiger partial charge in [0.15, 0.2) is 0 Å². The molecule has 0 bridgehead atoms. The van der Waals surface area contributed by atoms with Crippen LogP contribution in [0, 0.1) is 5.82 Å². The Morgan fingerprint density at radius 2 is 2.00 bits per heavy atom. The largest absolute Gasteiger partial charge is 0.326 e. The minimum Gasteiger partial charge on any atom is -0.326 e. The molecule has 2 aromatic rings. The summed E-state index contributed by atoms with van der Waals surface area (Å²) >= 11 is 0. The molecule has 1 aliphatic carbocycles. The van der Waals surface area contributed by atoms with Crippen molar-refractivity contribution in [2.45, 2.75) is 38.3 Å². The summed E-state index contributed by atoms with van der Waals surface area (Å²) in [6.07, 6.45) is 8.77. The first-order valence-electron chi connectivity index (χ1n) is 6.80. The highest BCUT2D eigenvalue weighted by Gasteiger charge is 2.17. The maximum Gasteiger partial charge on any atom is 0.124 e. The van der Waals surface area contributed by atoms with Crippen molar-refractivity contribution in [3.8, 4) is 11.1 Å². The lowest BCUT2D eigenvalue weighted by atomic mass is 10.1. The third kappa shape index (κ3) is 2.54. The zero-order valence-corrected chi connectivity index (χ0v) is 10.8. The van der Waals surface area contributed by atoms with Gasteiger partial charge in [-0.25, -0.2) is 4.39 Å². The Morgan fingerprint density at radius 1 is 1.21 bits per heavy atom. The van der Waals surface area contributed by atoms with E-state index >= 15 is 0 Å². The van der Waals surface area contributed by atoms with Gasteiger partial charge >= 0.3 is 0 Å². The van der Waals surface area contributed by atoms with E-state index in [0.717, 1.165) is 16.7 Å². The van der Waals surface area contributed by atoms with Crippen molar-refractivity contribution < 1.29 is 4.39 Å². The van der Waals surface area contributed by atoms with Crippen LogP contribution in [0.25, 0.3) is 11.1 Å². The van der Waals surface area contributed by atoms with Gasteiger partial charge in [0.05, 0.1) is 12.2 Å². The zero-order chi connectivity index (χ0) is 13.2. The van der Waals surface area contributed by atoms with E-state index in [-0.39, 0.29) is 5.82 Å². The molecule has 1 aromatic carbocycles. The van der Waals surface area contributed by atoms with Crippen LogP contribution in [-0.2, 0) is 6.54 Å². The number of nitrogens with two attached hydrogens (primary N) is 1. The van der Waals surface area contributed by atoms with Crippen LogP contribution >= 0.6 is 0 Å². The quantitative estimate of drug-likeness (QED) is 0.919. The smallest absolute Gasteiger partial charge is 0.124 e. The Bertz CT molecular complexity index is 571. The molecule has 3 nitrogen and oxygen atoms in total. The fraction of sp³-hybridized carbons (Fsp3) is 0.400. The van der Waals surface area contributed by atoms with Crippen molar-refractivity contribution in [2.75, 3.05) is 0 Å². The summed E-state index contributed by atoms with van der Waals surface area (Å²) in [5.74, 6) is -0.244. The average molecular weight is 259 g/mol. The maximum atomic E-state index is 13.5. The Balaban J connectivity index is 1.91. The third-order valence-corrected chi connectivity index (χ3v) is 3.83. The number of hydrogen-bond donors (Lipinski definition) is 1. The lowest BCUT2D eigenvalue weighted by Crippen LogP contribution is -2.04.